The van der Waals surface area contributed by atoms with Crippen LogP contribution in [-0.2, 0) is 9.59 Å². The first kappa shape index (κ1) is 17.6. The van der Waals surface area contributed by atoms with E-state index in [0.717, 1.165) is 29.7 Å². The maximum atomic E-state index is 12.0. The first-order chi connectivity index (χ1) is 12.9. The van der Waals surface area contributed by atoms with Gasteiger partial charge in [0.05, 0.1) is 0 Å². The molecule has 5 heteroatoms. The molecular formula is C22H17ClO4. The van der Waals surface area contributed by atoms with E-state index in [4.69, 9.17) is 21.1 Å². The van der Waals surface area contributed by atoms with Crippen molar-refractivity contribution >= 4 is 34.3 Å². The first-order valence-electron chi connectivity index (χ1n) is 8.60. The standard InChI is InChI=1S/C22H17ClO4/c1-4-17(24)26-21-14-7-6-13(23)10-16(14)22(27-18(25)5-2)19-12-8-11(3)15(9-12)20(19)21/h4-8,10,12,15H,1-2,9H2,3H3. The summed E-state index contributed by atoms with van der Waals surface area (Å²) in [7, 11) is 0. The molecule has 2 aliphatic carbocycles. The van der Waals surface area contributed by atoms with Crippen molar-refractivity contribution in [1.29, 1.82) is 0 Å². The minimum atomic E-state index is -0.544. The maximum absolute atomic E-state index is 12.0. The van der Waals surface area contributed by atoms with E-state index in [0.29, 0.717) is 27.3 Å². The molecule has 0 spiro atoms. The van der Waals surface area contributed by atoms with E-state index in [1.807, 2.05) is 0 Å². The van der Waals surface area contributed by atoms with Gasteiger partial charge in [-0.2, -0.15) is 0 Å². The molecule has 0 saturated carbocycles. The Morgan fingerprint density at radius 3 is 2.33 bits per heavy atom. The summed E-state index contributed by atoms with van der Waals surface area (Å²) in [6.07, 6.45) is 5.30. The van der Waals surface area contributed by atoms with E-state index in [1.54, 1.807) is 18.2 Å². The summed E-state index contributed by atoms with van der Waals surface area (Å²) < 4.78 is 11.3. The van der Waals surface area contributed by atoms with E-state index in [1.165, 1.54) is 5.57 Å². The number of ether oxygens (including phenoxy) is 2. The van der Waals surface area contributed by atoms with Gasteiger partial charge in [0, 0.05) is 50.9 Å². The number of esters is 2. The Balaban J connectivity index is 2.08. The lowest BCUT2D eigenvalue weighted by Gasteiger charge is -2.23. The average molecular weight is 381 g/mol. The highest BCUT2D eigenvalue weighted by Gasteiger charge is 2.43. The van der Waals surface area contributed by atoms with Crippen LogP contribution in [0.3, 0.4) is 0 Å². The van der Waals surface area contributed by atoms with Crippen molar-refractivity contribution in [2.45, 2.75) is 25.2 Å². The third-order valence-corrected chi connectivity index (χ3v) is 5.45. The predicted octanol–water partition coefficient (Wildman–Crippen LogP) is 5.21. The van der Waals surface area contributed by atoms with Crippen LogP contribution in [0.25, 0.3) is 10.8 Å². The van der Waals surface area contributed by atoms with Crippen molar-refractivity contribution in [3.8, 4) is 11.5 Å². The number of halogens is 1. The Morgan fingerprint density at radius 1 is 1.07 bits per heavy atom. The Hall–Kier alpha value is -2.85. The summed E-state index contributed by atoms with van der Waals surface area (Å²) in [4.78, 5) is 24.0. The molecule has 0 aliphatic heterocycles. The van der Waals surface area contributed by atoms with Gasteiger partial charge in [-0.1, -0.05) is 36.4 Å². The van der Waals surface area contributed by atoms with Gasteiger partial charge in [-0.05, 0) is 31.5 Å². The molecule has 0 heterocycles. The number of carbonyl (C=O) groups excluding carboxylic acids is 2. The summed E-state index contributed by atoms with van der Waals surface area (Å²) in [5, 5.41) is 1.79. The number of fused-ring (bicyclic) bond motifs is 6. The molecule has 2 bridgehead atoms. The van der Waals surface area contributed by atoms with E-state index < -0.39 is 11.9 Å². The Bertz CT molecular complexity index is 1060. The van der Waals surface area contributed by atoms with Crippen LogP contribution in [0.1, 0.15) is 36.3 Å². The third kappa shape index (κ3) is 2.68. The minimum Gasteiger partial charge on any atom is -0.422 e. The highest BCUT2D eigenvalue weighted by atomic mass is 35.5. The third-order valence-electron chi connectivity index (χ3n) is 5.21. The second-order valence-electron chi connectivity index (χ2n) is 6.73. The van der Waals surface area contributed by atoms with Crippen molar-refractivity contribution in [2.24, 2.45) is 0 Å². The molecule has 0 saturated heterocycles. The van der Waals surface area contributed by atoms with Gasteiger partial charge in [-0.25, -0.2) is 9.59 Å². The lowest BCUT2D eigenvalue weighted by Crippen LogP contribution is -2.12. The topological polar surface area (TPSA) is 52.6 Å². The SMILES string of the molecule is C=CC(=O)Oc1c2c(c(OC(=O)C=C)c3ccc(Cl)cc13)C1CC2C=C1C. The van der Waals surface area contributed by atoms with Crippen LogP contribution in [-0.4, -0.2) is 11.9 Å². The summed E-state index contributed by atoms with van der Waals surface area (Å²) in [5.74, 6) is 0.0921. The lowest BCUT2D eigenvalue weighted by molar-refractivity contribution is -0.130. The fourth-order valence-corrected chi connectivity index (χ4v) is 4.32. The number of hydrogen-bond donors (Lipinski definition) is 0. The minimum absolute atomic E-state index is 0.0992. The zero-order valence-electron chi connectivity index (χ0n) is 14.8. The maximum Gasteiger partial charge on any atom is 0.335 e. The van der Waals surface area contributed by atoms with Crippen LogP contribution in [0.15, 0.2) is 55.2 Å². The Morgan fingerprint density at radius 2 is 1.70 bits per heavy atom. The van der Waals surface area contributed by atoms with Crippen LogP contribution in [0.2, 0.25) is 5.02 Å². The van der Waals surface area contributed by atoms with Crippen LogP contribution in [0.5, 0.6) is 11.5 Å². The van der Waals surface area contributed by atoms with Gasteiger partial charge >= 0.3 is 11.9 Å². The van der Waals surface area contributed by atoms with Gasteiger partial charge in [0.2, 0.25) is 0 Å². The summed E-state index contributed by atoms with van der Waals surface area (Å²) in [5.41, 5.74) is 3.00. The molecule has 2 aromatic carbocycles. The van der Waals surface area contributed by atoms with Crippen molar-refractivity contribution in [2.75, 3.05) is 0 Å². The lowest BCUT2D eigenvalue weighted by atomic mass is 9.87. The molecule has 0 radical (unpaired) electrons. The normalized spacial score (nSPS) is 19.4. The second kappa shape index (κ2) is 6.39. The molecule has 2 unspecified atom stereocenters. The first-order valence-corrected chi connectivity index (χ1v) is 8.98. The molecule has 0 aromatic heterocycles. The monoisotopic (exact) mass is 380 g/mol. The number of rotatable bonds is 4. The van der Waals surface area contributed by atoms with Gasteiger partial charge < -0.3 is 9.47 Å². The van der Waals surface area contributed by atoms with Gasteiger partial charge in [0.15, 0.2) is 0 Å². The van der Waals surface area contributed by atoms with Gasteiger partial charge in [0.25, 0.3) is 0 Å². The molecule has 0 fully saturated rings. The van der Waals surface area contributed by atoms with Crippen molar-refractivity contribution in [3.63, 3.8) is 0 Å². The highest BCUT2D eigenvalue weighted by molar-refractivity contribution is 6.31. The Kier molecular flexibility index (Phi) is 4.16. The molecule has 2 aromatic rings. The predicted molar refractivity (Wildman–Crippen MR) is 104 cm³/mol. The second-order valence-corrected chi connectivity index (χ2v) is 7.17. The van der Waals surface area contributed by atoms with Crippen LogP contribution < -0.4 is 9.47 Å². The van der Waals surface area contributed by atoms with Crippen molar-refractivity contribution in [3.05, 3.63) is 71.3 Å². The number of hydrogen-bond acceptors (Lipinski definition) is 4. The van der Waals surface area contributed by atoms with Crippen molar-refractivity contribution in [1.82, 2.24) is 0 Å². The smallest absolute Gasteiger partial charge is 0.335 e. The van der Waals surface area contributed by atoms with E-state index in [-0.39, 0.29) is 11.8 Å². The molecule has 0 amide bonds. The quantitative estimate of drug-likeness (QED) is 0.316. The summed E-state index contributed by atoms with van der Waals surface area (Å²) in [6.45, 7) is 9.03. The average Bonchev–Trinajstić information content (AvgIpc) is 3.21. The van der Waals surface area contributed by atoms with Crippen LogP contribution in [0, 0.1) is 0 Å². The molecule has 4 rings (SSSR count). The summed E-state index contributed by atoms with van der Waals surface area (Å²) >= 11 is 6.20. The molecule has 136 valence electrons. The highest BCUT2D eigenvalue weighted by Crippen LogP contribution is 2.60. The fourth-order valence-electron chi connectivity index (χ4n) is 4.14. The fraction of sp³-hybridized carbons (Fsp3) is 0.182. The van der Waals surface area contributed by atoms with Crippen molar-refractivity contribution < 1.29 is 19.1 Å². The number of carbonyl (C=O) groups is 2. The Labute approximate surface area is 161 Å². The van der Waals surface area contributed by atoms with E-state index in [2.05, 4.69) is 26.2 Å². The van der Waals surface area contributed by atoms with Gasteiger partial charge in [-0.15, -0.1) is 0 Å². The number of allylic oxidation sites excluding steroid dienone is 2. The molecule has 4 nitrogen and oxygen atoms in total. The molecule has 27 heavy (non-hydrogen) atoms. The van der Waals surface area contributed by atoms with E-state index in [9.17, 15) is 9.59 Å². The molecular weight excluding hydrogens is 364 g/mol. The zero-order chi connectivity index (χ0) is 19.3. The molecule has 0 N–H and O–H groups in total. The molecule has 2 aliphatic rings. The molecule has 2 atom stereocenters. The number of benzene rings is 2. The van der Waals surface area contributed by atoms with Gasteiger partial charge in [0.1, 0.15) is 11.5 Å². The van der Waals surface area contributed by atoms with Crippen LogP contribution >= 0.6 is 11.6 Å². The van der Waals surface area contributed by atoms with Gasteiger partial charge in [-0.3, -0.25) is 0 Å². The van der Waals surface area contributed by atoms with E-state index >= 15 is 0 Å². The zero-order valence-corrected chi connectivity index (χ0v) is 15.5. The van der Waals surface area contributed by atoms with Crippen LogP contribution in [0.4, 0.5) is 0 Å². The summed E-state index contributed by atoms with van der Waals surface area (Å²) in [6, 6.07) is 5.22. The largest absolute Gasteiger partial charge is 0.422 e.